The van der Waals surface area contributed by atoms with Crippen LogP contribution in [0.15, 0.2) is 70.4 Å². The highest BCUT2D eigenvalue weighted by molar-refractivity contribution is 6.05. The Kier molecular flexibility index (Phi) is 5.43. The molecule has 0 saturated heterocycles. The maximum atomic E-state index is 13.5. The van der Waals surface area contributed by atoms with Gasteiger partial charge in [0.2, 0.25) is 5.75 Å². The monoisotopic (exact) mass is 406 g/mol. The smallest absolute Gasteiger partial charge is 0.274 e. The summed E-state index contributed by atoms with van der Waals surface area (Å²) >= 11 is 0. The third-order valence-corrected chi connectivity index (χ3v) is 5.01. The van der Waals surface area contributed by atoms with Crippen LogP contribution in [0.4, 0.5) is 0 Å². The average Bonchev–Trinajstić information content (AvgIpc) is 3.48. The molecule has 0 spiro atoms. The summed E-state index contributed by atoms with van der Waals surface area (Å²) in [5.41, 5.74) is 2.16. The summed E-state index contributed by atoms with van der Waals surface area (Å²) in [4.78, 5) is 13.5. The molecule has 7 heteroatoms. The first-order chi connectivity index (χ1) is 14.7. The van der Waals surface area contributed by atoms with Crippen LogP contribution in [0.3, 0.4) is 0 Å². The number of methoxy groups -OCH3 is 3. The summed E-state index contributed by atoms with van der Waals surface area (Å²) in [5, 5.41) is 6.11. The number of furan rings is 1. The van der Waals surface area contributed by atoms with Gasteiger partial charge in [-0.15, -0.1) is 0 Å². The van der Waals surface area contributed by atoms with E-state index in [0.717, 1.165) is 11.3 Å². The molecule has 1 aliphatic heterocycles. The van der Waals surface area contributed by atoms with E-state index in [1.807, 2.05) is 36.4 Å². The van der Waals surface area contributed by atoms with E-state index < -0.39 is 0 Å². The number of carbonyl (C=O) groups is 1. The molecule has 30 heavy (non-hydrogen) atoms. The van der Waals surface area contributed by atoms with Gasteiger partial charge >= 0.3 is 0 Å². The quantitative estimate of drug-likeness (QED) is 0.610. The van der Waals surface area contributed by atoms with E-state index in [4.69, 9.17) is 18.6 Å². The summed E-state index contributed by atoms with van der Waals surface area (Å²) in [6, 6.07) is 16.4. The summed E-state index contributed by atoms with van der Waals surface area (Å²) in [6.07, 6.45) is 2.14. The van der Waals surface area contributed by atoms with Gasteiger partial charge < -0.3 is 18.6 Å². The van der Waals surface area contributed by atoms with Gasteiger partial charge in [-0.05, 0) is 29.8 Å². The third kappa shape index (κ3) is 3.50. The number of amides is 1. The van der Waals surface area contributed by atoms with Crippen molar-refractivity contribution < 1.29 is 23.4 Å². The van der Waals surface area contributed by atoms with Crippen molar-refractivity contribution >= 4 is 11.6 Å². The minimum atomic E-state index is -0.346. The maximum Gasteiger partial charge on any atom is 0.274 e. The van der Waals surface area contributed by atoms with Crippen molar-refractivity contribution in [1.29, 1.82) is 0 Å². The average molecular weight is 406 g/mol. The number of rotatable bonds is 6. The van der Waals surface area contributed by atoms with Gasteiger partial charge in [0.25, 0.3) is 5.91 Å². The number of carbonyl (C=O) groups excluding carboxylic acids is 1. The zero-order valence-electron chi connectivity index (χ0n) is 17.0. The Balaban J connectivity index is 1.76. The van der Waals surface area contributed by atoms with E-state index in [-0.39, 0.29) is 11.9 Å². The van der Waals surface area contributed by atoms with E-state index in [1.54, 1.807) is 24.5 Å². The van der Waals surface area contributed by atoms with Crippen LogP contribution in [0, 0.1) is 0 Å². The molecule has 7 nitrogen and oxygen atoms in total. The summed E-state index contributed by atoms with van der Waals surface area (Å²) < 4.78 is 21.7. The minimum absolute atomic E-state index is 0.290. The van der Waals surface area contributed by atoms with Crippen LogP contribution in [0.5, 0.6) is 17.2 Å². The largest absolute Gasteiger partial charge is 0.493 e. The van der Waals surface area contributed by atoms with E-state index in [2.05, 4.69) is 5.10 Å². The summed E-state index contributed by atoms with van der Waals surface area (Å²) in [7, 11) is 4.54. The maximum absolute atomic E-state index is 13.5. The second-order valence-electron chi connectivity index (χ2n) is 6.71. The van der Waals surface area contributed by atoms with Crippen LogP contribution in [-0.2, 0) is 0 Å². The number of nitrogens with zero attached hydrogens (tertiary/aromatic N) is 2. The SMILES string of the molecule is COc1cc(C(=O)N2N=C(c3ccccc3)C[C@H]2c2ccco2)cc(OC)c1OC. The second kappa shape index (κ2) is 8.32. The molecule has 0 bridgehead atoms. The molecular weight excluding hydrogens is 384 g/mol. The van der Waals surface area contributed by atoms with Gasteiger partial charge in [-0.25, -0.2) is 5.01 Å². The normalized spacial score (nSPS) is 15.6. The van der Waals surface area contributed by atoms with Gasteiger partial charge in [-0.2, -0.15) is 5.10 Å². The number of ether oxygens (including phenoxy) is 3. The van der Waals surface area contributed by atoms with Crippen LogP contribution >= 0.6 is 0 Å². The Morgan fingerprint density at radius 2 is 1.70 bits per heavy atom. The molecule has 0 radical (unpaired) electrons. The van der Waals surface area contributed by atoms with Crippen LogP contribution in [0.1, 0.15) is 34.1 Å². The van der Waals surface area contributed by atoms with Crippen LogP contribution in [-0.4, -0.2) is 38.0 Å². The molecule has 0 aliphatic carbocycles. The molecule has 1 atom stereocenters. The molecular formula is C23H22N2O5. The molecule has 1 aliphatic rings. The fraction of sp³-hybridized carbons (Fsp3) is 0.217. The molecule has 0 N–H and O–H groups in total. The fourth-order valence-corrected chi connectivity index (χ4v) is 3.54. The van der Waals surface area contributed by atoms with E-state index in [1.165, 1.54) is 26.3 Å². The lowest BCUT2D eigenvalue weighted by Gasteiger charge is -2.21. The molecule has 0 fully saturated rings. The molecule has 4 rings (SSSR count). The van der Waals surface area contributed by atoms with Gasteiger partial charge in [0.05, 0.1) is 33.3 Å². The van der Waals surface area contributed by atoms with E-state index in [9.17, 15) is 4.79 Å². The lowest BCUT2D eigenvalue weighted by Crippen LogP contribution is -2.27. The van der Waals surface area contributed by atoms with E-state index in [0.29, 0.717) is 35.0 Å². The Morgan fingerprint density at radius 1 is 1.00 bits per heavy atom. The molecule has 2 heterocycles. The van der Waals surface area contributed by atoms with Crippen LogP contribution in [0.2, 0.25) is 0 Å². The third-order valence-electron chi connectivity index (χ3n) is 5.01. The van der Waals surface area contributed by atoms with E-state index >= 15 is 0 Å². The molecule has 2 aromatic carbocycles. The Bertz CT molecular complexity index is 1040. The molecule has 1 amide bonds. The first-order valence-electron chi connectivity index (χ1n) is 9.46. The second-order valence-corrected chi connectivity index (χ2v) is 6.71. The standard InChI is InChI=1S/C23H22N2O5/c1-27-20-12-16(13-21(28-2)22(20)29-3)23(26)25-18(19-10-7-11-30-19)14-17(24-25)15-8-5-4-6-9-15/h4-13,18H,14H2,1-3H3/t18-/m0/s1. The minimum Gasteiger partial charge on any atom is -0.493 e. The molecule has 1 aromatic heterocycles. The number of benzene rings is 2. The fourth-order valence-electron chi connectivity index (χ4n) is 3.54. The van der Waals surface area contributed by atoms with Crippen molar-refractivity contribution in [1.82, 2.24) is 5.01 Å². The highest BCUT2D eigenvalue weighted by atomic mass is 16.5. The Labute approximate surface area is 174 Å². The first kappa shape index (κ1) is 19.6. The lowest BCUT2D eigenvalue weighted by atomic mass is 10.0. The predicted octanol–water partition coefficient (Wildman–Crippen LogP) is 4.30. The van der Waals surface area contributed by atoms with Gasteiger partial charge in [0, 0.05) is 12.0 Å². The van der Waals surface area contributed by atoms with Crippen molar-refractivity contribution in [3.63, 3.8) is 0 Å². The number of hydrogen-bond donors (Lipinski definition) is 0. The van der Waals surface area contributed by atoms with Gasteiger partial charge in [-0.3, -0.25) is 4.79 Å². The van der Waals surface area contributed by atoms with Crippen molar-refractivity contribution in [3.05, 3.63) is 77.7 Å². The number of hydrogen-bond acceptors (Lipinski definition) is 6. The Hall–Kier alpha value is -3.74. The molecule has 3 aromatic rings. The summed E-state index contributed by atoms with van der Waals surface area (Å²) in [5.74, 6) is 1.61. The van der Waals surface area contributed by atoms with Gasteiger partial charge in [-0.1, -0.05) is 30.3 Å². The zero-order chi connectivity index (χ0) is 21.1. The van der Waals surface area contributed by atoms with Crippen LogP contribution in [0.25, 0.3) is 0 Å². The molecule has 0 saturated carbocycles. The highest BCUT2D eigenvalue weighted by Crippen LogP contribution is 2.40. The Morgan fingerprint density at radius 3 is 2.27 bits per heavy atom. The van der Waals surface area contributed by atoms with Crippen molar-refractivity contribution in [2.75, 3.05) is 21.3 Å². The molecule has 154 valence electrons. The van der Waals surface area contributed by atoms with Gasteiger partial charge in [0.15, 0.2) is 11.5 Å². The predicted molar refractivity (Wildman–Crippen MR) is 111 cm³/mol. The van der Waals surface area contributed by atoms with Gasteiger partial charge in [0.1, 0.15) is 11.8 Å². The molecule has 0 unspecified atom stereocenters. The number of hydrazone groups is 1. The first-order valence-corrected chi connectivity index (χ1v) is 9.46. The lowest BCUT2D eigenvalue weighted by molar-refractivity contribution is 0.0692. The topological polar surface area (TPSA) is 73.5 Å². The zero-order valence-corrected chi connectivity index (χ0v) is 17.0. The van der Waals surface area contributed by atoms with Crippen molar-refractivity contribution in [2.45, 2.75) is 12.5 Å². The van der Waals surface area contributed by atoms with Crippen LogP contribution < -0.4 is 14.2 Å². The highest BCUT2D eigenvalue weighted by Gasteiger charge is 2.36. The van der Waals surface area contributed by atoms with Crippen molar-refractivity contribution in [3.8, 4) is 17.2 Å². The summed E-state index contributed by atoms with van der Waals surface area (Å²) in [6.45, 7) is 0. The van der Waals surface area contributed by atoms with Crippen molar-refractivity contribution in [2.24, 2.45) is 5.10 Å².